The zero-order chi connectivity index (χ0) is 14.5. The summed E-state index contributed by atoms with van der Waals surface area (Å²) in [4.78, 5) is 10.6. The predicted molar refractivity (Wildman–Crippen MR) is 82.3 cm³/mol. The molecule has 2 rings (SSSR count). The fourth-order valence-electron chi connectivity index (χ4n) is 2.93. The highest BCUT2D eigenvalue weighted by molar-refractivity contribution is 6.33. The van der Waals surface area contributed by atoms with Gasteiger partial charge in [-0.15, -0.1) is 0 Å². The first-order valence-electron chi connectivity index (χ1n) is 7.28. The molecule has 0 spiro atoms. The standard InChI is InChI=1S/C15H21ClN2O2/c1-2-11-6-8-12(9-7-11)10-17-15-13(16)4-3-5-14(15)18(19)20/h3-5,11-12,17H,2,6-10H2,1H3. The molecule has 1 aliphatic carbocycles. The molecule has 0 aromatic heterocycles. The lowest BCUT2D eigenvalue weighted by atomic mass is 9.81. The molecule has 0 saturated heterocycles. The molecule has 0 bridgehead atoms. The van der Waals surface area contributed by atoms with Crippen LogP contribution in [0.25, 0.3) is 0 Å². The van der Waals surface area contributed by atoms with Crippen LogP contribution in [0, 0.1) is 22.0 Å². The molecular formula is C15H21ClN2O2. The molecule has 1 N–H and O–H groups in total. The molecule has 1 saturated carbocycles. The molecule has 1 aromatic rings. The molecule has 20 heavy (non-hydrogen) atoms. The Morgan fingerprint density at radius 2 is 1.95 bits per heavy atom. The minimum absolute atomic E-state index is 0.0553. The Kier molecular flexibility index (Phi) is 5.24. The van der Waals surface area contributed by atoms with Gasteiger partial charge in [0.1, 0.15) is 5.69 Å². The minimum atomic E-state index is -0.387. The van der Waals surface area contributed by atoms with Crippen molar-refractivity contribution in [3.8, 4) is 0 Å². The highest BCUT2D eigenvalue weighted by Crippen LogP contribution is 2.34. The van der Waals surface area contributed by atoms with Gasteiger partial charge >= 0.3 is 0 Å². The average Bonchev–Trinajstić information content (AvgIpc) is 2.46. The third-order valence-corrected chi connectivity index (χ3v) is 4.61. The lowest BCUT2D eigenvalue weighted by Gasteiger charge is -2.28. The lowest BCUT2D eigenvalue weighted by Crippen LogP contribution is -2.21. The van der Waals surface area contributed by atoms with Crippen LogP contribution < -0.4 is 5.32 Å². The van der Waals surface area contributed by atoms with Crippen molar-refractivity contribution in [2.24, 2.45) is 11.8 Å². The van der Waals surface area contributed by atoms with Crippen LogP contribution in [0.15, 0.2) is 18.2 Å². The molecule has 1 aromatic carbocycles. The van der Waals surface area contributed by atoms with Gasteiger partial charge in [0, 0.05) is 12.6 Å². The van der Waals surface area contributed by atoms with Crippen LogP contribution in [-0.2, 0) is 0 Å². The van der Waals surface area contributed by atoms with Crippen LogP contribution in [0.5, 0.6) is 0 Å². The van der Waals surface area contributed by atoms with Crippen LogP contribution in [-0.4, -0.2) is 11.5 Å². The van der Waals surface area contributed by atoms with E-state index in [2.05, 4.69) is 12.2 Å². The van der Waals surface area contributed by atoms with E-state index in [1.165, 1.54) is 38.2 Å². The molecule has 0 unspecified atom stereocenters. The summed E-state index contributed by atoms with van der Waals surface area (Å²) >= 11 is 6.07. The van der Waals surface area contributed by atoms with E-state index in [1.54, 1.807) is 12.1 Å². The monoisotopic (exact) mass is 296 g/mol. The highest BCUT2D eigenvalue weighted by Gasteiger charge is 2.22. The van der Waals surface area contributed by atoms with Crippen molar-refractivity contribution in [3.63, 3.8) is 0 Å². The Morgan fingerprint density at radius 3 is 2.55 bits per heavy atom. The molecule has 4 nitrogen and oxygen atoms in total. The van der Waals surface area contributed by atoms with Gasteiger partial charge in [0.25, 0.3) is 5.69 Å². The van der Waals surface area contributed by atoms with Crippen LogP contribution in [0.2, 0.25) is 5.02 Å². The van der Waals surface area contributed by atoms with Gasteiger partial charge in [0.15, 0.2) is 0 Å². The molecular weight excluding hydrogens is 276 g/mol. The van der Waals surface area contributed by atoms with E-state index < -0.39 is 0 Å². The van der Waals surface area contributed by atoms with Crippen molar-refractivity contribution < 1.29 is 4.92 Å². The van der Waals surface area contributed by atoms with Crippen LogP contribution in [0.1, 0.15) is 39.0 Å². The van der Waals surface area contributed by atoms with Gasteiger partial charge in [-0.25, -0.2) is 0 Å². The van der Waals surface area contributed by atoms with Crippen LogP contribution in [0.3, 0.4) is 0 Å². The highest BCUT2D eigenvalue weighted by atomic mass is 35.5. The summed E-state index contributed by atoms with van der Waals surface area (Å²) in [5.41, 5.74) is 0.511. The first-order valence-corrected chi connectivity index (χ1v) is 7.66. The summed E-state index contributed by atoms with van der Waals surface area (Å²) < 4.78 is 0. The van der Waals surface area contributed by atoms with E-state index in [9.17, 15) is 10.1 Å². The summed E-state index contributed by atoms with van der Waals surface area (Å²) in [5, 5.41) is 14.6. The van der Waals surface area contributed by atoms with Crippen molar-refractivity contribution in [2.45, 2.75) is 39.0 Å². The molecule has 5 heteroatoms. The third-order valence-electron chi connectivity index (χ3n) is 4.30. The molecule has 1 fully saturated rings. The number of benzene rings is 1. The maximum Gasteiger partial charge on any atom is 0.293 e. The van der Waals surface area contributed by atoms with E-state index in [0.29, 0.717) is 16.6 Å². The minimum Gasteiger partial charge on any atom is -0.378 e. The van der Waals surface area contributed by atoms with Gasteiger partial charge < -0.3 is 5.32 Å². The van der Waals surface area contributed by atoms with Crippen molar-refractivity contribution in [1.82, 2.24) is 0 Å². The number of hydrogen-bond acceptors (Lipinski definition) is 3. The molecule has 0 heterocycles. The number of rotatable bonds is 5. The number of hydrogen-bond donors (Lipinski definition) is 1. The van der Waals surface area contributed by atoms with Crippen LogP contribution in [0.4, 0.5) is 11.4 Å². The normalized spacial score (nSPS) is 22.5. The third kappa shape index (κ3) is 3.63. The number of anilines is 1. The van der Waals surface area contributed by atoms with Gasteiger partial charge in [0.2, 0.25) is 0 Å². The fourth-order valence-corrected chi connectivity index (χ4v) is 3.17. The Labute approximate surface area is 124 Å². The Hall–Kier alpha value is -1.29. The quantitative estimate of drug-likeness (QED) is 0.622. The Balaban J connectivity index is 1.96. The van der Waals surface area contributed by atoms with E-state index >= 15 is 0 Å². The molecule has 110 valence electrons. The average molecular weight is 297 g/mol. The SMILES string of the molecule is CCC1CCC(CNc2c(Cl)cccc2[N+](=O)[O-])CC1. The van der Waals surface area contributed by atoms with Crippen molar-refractivity contribution in [3.05, 3.63) is 33.3 Å². The number of halogens is 1. The number of nitro groups is 1. The summed E-state index contributed by atoms with van der Waals surface area (Å²) in [5.74, 6) is 1.45. The van der Waals surface area contributed by atoms with Gasteiger partial charge in [-0.05, 0) is 30.7 Å². The Morgan fingerprint density at radius 1 is 1.30 bits per heavy atom. The van der Waals surface area contributed by atoms with Crippen molar-refractivity contribution >= 4 is 23.0 Å². The Bertz CT molecular complexity index is 471. The number of nitrogens with zero attached hydrogens (tertiary/aromatic N) is 1. The second-order valence-corrected chi connectivity index (χ2v) is 5.97. The first-order chi connectivity index (χ1) is 9.61. The second kappa shape index (κ2) is 6.93. The molecule has 0 amide bonds. The molecule has 0 aliphatic heterocycles. The largest absolute Gasteiger partial charge is 0.378 e. The predicted octanol–water partition coefficient (Wildman–Crippen LogP) is 4.88. The topological polar surface area (TPSA) is 55.2 Å². The zero-order valence-corrected chi connectivity index (χ0v) is 12.5. The van der Waals surface area contributed by atoms with Gasteiger partial charge in [0.05, 0.1) is 9.95 Å². The second-order valence-electron chi connectivity index (χ2n) is 5.57. The van der Waals surface area contributed by atoms with Gasteiger partial charge in [-0.1, -0.05) is 43.9 Å². The maximum atomic E-state index is 11.0. The summed E-state index contributed by atoms with van der Waals surface area (Å²) in [7, 11) is 0. The zero-order valence-electron chi connectivity index (χ0n) is 11.8. The van der Waals surface area contributed by atoms with Gasteiger partial charge in [-0.3, -0.25) is 10.1 Å². The smallest absolute Gasteiger partial charge is 0.293 e. The van der Waals surface area contributed by atoms with Crippen molar-refractivity contribution in [2.75, 3.05) is 11.9 Å². The van der Waals surface area contributed by atoms with Crippen LogP contribution >= 0.6 is 11.6 Å². The molecule has 0 atom stereocenters. The van der Waals surface area contributed by atoms with E-state index in [0.717, 1.165) is 12.5 Å². The maximum absolute atomic E-state index is 11.0. The number of para-hydroxylation sites is 1. The van der Waals surface area contributed by atoms with E-state index in [-0.39, 0.29) is 10.6 Å². The summed E-state index contributed by atoms with van der Waals surface area (Å²) in [6, 6.07) is 4.78. The fraction of sp³-hybridized carbons (Fsp3) is 0.600. The molecule has 0 radical (unpaired) electrons. The van der Waals surface area contributed by atoms with Gasteiger partial charge in [-0.2, -0.15) is 0 Å². The number of nitrogens with one attached hydrogen (secondary N) is 1. The van der Waals surface area contributed by atoms with E-state index in [1.807, 2.05) is 0 Å². The van der Waals surface area contributed by atoms with E-state index in [4.69, 9.17) is 11.6 Å². The summed E-state index contributed by atoms with van der Waals surface area (Å²) in [6.07, 6.45) is 6.20. The number of nitro benzene ring substituents is 1. The lowest BCUT2D eigenvalue weighted by molar-refractivity contribution is -0.383. The summed E-state index contributed by atoms with van der Waals surface area (Å²) in [6.45, 7) is 3.01. The molecule has 1 aliphatic rings. The van der Waals surface area contributed by atoms with Crippen molar-refractivity contribution in [1.29, 1.82) is 0 Å². The first kappa shape index (κ1) is 15.1.